The Hall–Kier alpha value is -0.0600. The zero-order valence-corrected chi connectivity index (χ0v) is 14.0. The Morgan fingerprint density at radius 1 is 1.29 bits per heavy atom. The van der Waals surface area contributed by atoms with Crippen molar-refractivity contribution in [3.63, 3.8) is 0 Å². The topological polar surface area (TPSA) is 35.5 Å². The van der Waals surface area contributed by atoms with E-state index in [1.807, 2.05) is 11.8 Å². The van der Waals surface area contributed by atoms with E-state index >= 15 is 0 Å². The molecule has 0 aromatic rings. The molecule has 3 rings (SSSR count). The molecule has 0 aromatic heterocycles. The molecule has 3 nitrogen and oxygen atoms in total. The Balaban J connectivity index is 1.64. The lowest BCUT2D eigenvalue weighted by Gasteiger charge is -2.39. The van der Waals surface area contributed by atoms with E-state index < -0.39 is 0 Å². The standard InChI is InChI=1S/C17H28O3S/c1-19-16(13-5-3-2-4-6-13)15(18)14-7-9-20-17(11-14)8-10-21-12-17/h13-14,16H,2-12H2,1H3. The van der Waals surface area contributed by atoms with Gasteiger partial charge in [0.1, 0.15) is 6.10 Å². The van der Waals surface area contributed by atoms with Gasteiger partial charge in [-0.1, -0.05) is 19.3 Å². The first-order valence-electron chi connectivity index (χ1n) is 8.52. The lowest BCUT2D eigenvalue weighted by molar-refractivity contribution is -0.147. The van der Waals surface area contributed by atoms with Gasteiger partial charge in [-0.2, -0.15) is 11.8 Å². The molecule has 21 heavy (non-hydrogen) atoms. The van der Waals surface area contributed by atoms with Crippen LogP contribution in [0.1, 0.15) is 51.4 Å². The Morgan fingerprint density at radius 3 is 2.76 bits per heavy atom. The van der Waals surface area contributed by atoms with Crippen LogP contribution in [0.2, 0.25) is 0 Å². The Labute approximate surface area is 132 Å². The number of ether oxygens (including phenoxy) is 2. The second-order valence-corrected chi connectivity index (χ2v) is 8.09. The van der Waals surface area contributed by atoms with Crippen molar-refractivity contribution in [3.8, 4) is 0 Å². The predicted molar refractivity (Wildman–Crippen MR) is 85.7 cm³/mol. The van der Waals surface area contributed by atoms with E-state index in [9.17, 15) is 4.79 Å². The number of methoxy groups -OCH3 is 1. The van der Waals surface area contributed by atoms with Gasteiger partial charge in [-0.25, -0.2) is 0 Å². The average molecular weight is 312 g/mol. The lowest BCUT2D eigenvalue weighted by Crippen LogP contribution is -2.46. The zero-order valence-electron chi connectivity index (χ0n) is 13.1. The molecule has 1 spiro atoms. The fourth-order valence-electron chi connectivity index (χ4n) is 4.34. The highest BCUT2D eigenvalue weighted by Crippen LogP contribution is 2.41. The van der Waals surface area contributed by atoms with Crippen LogP contribution in [0.5, 0.6) is 0 Å². The molecule has 2 saturated heterocycles. The van der Waals surface area contributed by atoms with Gasteiger partial charge in [0.2, 0.25) is 0 Å². The molecule has 4 heteroatoms. The Bertz CT molecular complexity index is 359. The summed E-state index contributed by atoms with van der Waals surface area (Å²) in [7, 11) is 1.72. The van der Waals surface area contributed by atoms with Crippen molar-refractivity contribution in [1.82, 2.24) is 0 Å². The van der Waals surface area contributed by atoms with Crippen molar-refractivity contribution < 1.29 is 14.3 Å². The minimum Gasteiger partial charge on any atom is -0.374 e. The first kappa shape index (κ1) is 15.8. The maximum absolute atomic E-state index is 13.0. The van der Waals surface area contributed by atoms with Gasteiger partial charge in [-0.15, -0.1) is 0 Å². The van der Waals surface area contributed by atoms with E-state index in [0.29, 0.717) is 11.7 Å². The van der Waals surface area contributed by atoms with E-state index in [1.54, 1.807) is 7.11 Å². The second kappa shape index (κ2) is 7.01. The third kappa shape index (κ3) is 3.48. The quantitative estimate of drug-likeness (QED) is 0.796. The third-order valence-corrected chi connectivity index (χ3v) is 6.80. The lowest BCUT2D eigenvalue weighted by atomic mass is 9.76. The van der Waals surface area contributed by atoms with E-state index in [-0.39, 0.29) is 17.6 Å². The molecule has 120 valence electrons. The van der Waals surface area contributed by atoms with Gasteiger partial charge in [0.15, 0.2) is 5.78 Å². The van der Waals surface area contributed by atoms with Crippen LogP contribution in [0.15, 0.2) is 0 Å². The molecule has 2 aliphatic heterocycles. The van der Waals surface area contributed by atoms with E-state index in [4.69, 9.17) is 9.47 Å². The first-order chi connectivity index (χ1) is 10.2. The van der Waals surface area contributed by atoms with E-state index in [0.717, 1.165) is 44.5 Å². The molecule has 0 amide bonds. The largest absolute Gasteiger partial charge is 0.374 e. The summed E-state index contributed by atoms with van der Waals surface area (Å²) in [6, 6.07) is 0. The van der Waals surface area contributed by atoms with Crippen LogP contribution in [0.4, 0.5) is 0 Å². The number of hydrogen-bond donors (Lipinski definition) is 0. The first-order valence-corrected chi connectivity index (χ1v) is 9.68. The van der Waals surface area contributed by atoms with E-state index in [2.05, 4.69) is 0 Å². The van der Waals surface area contributed by atoms with E-state index in [1.165, 1.54) is 25.0 Å². The summed E-state index contributed by atoms with van der Waals surface area (Å²) < 4.78 is 11.7. The van der Waals surface area contributed by atoms with Crippen molar-refractivity contribution in [1.29, 1.82) is 0 Å². The molecule has 3 aliphatic rings. The third-order valence-electron chi connectivity index (χ3n) is 5.57. The summed E-state index contributed by atoms with van der Waals surface area (Å²) in [6.45, 7) is 0.748. The number of rotatable bonds is 4. The highest BCUT2D eigenvalue weighted by Gasteiger charge is 2.44. The summed E-state index contributed by atoms with van der Waals surface area (Å²) in [5, 5.41) is 0. The summed E-state index contributed by atoms with van der Waals surface area (Å²) >= 11 is 1.97. The van der Waals surface area contributed by atoms with Crippen LogP contribution in [0.3, 0.4) is 0 Å². The average Bonchev–Trinajstić information content (AvgIpc) is 2.97. The van der Waals surface area contributed by atoms with Gasteiger partial charge >= 0.3 is 0 Å². The highest BCUT2D eigenvalue weighted by molar-refractivity contribution is 7.99. The van der Waals surface area contributed by atoms with Crippen molar-refractivity contribution in [2.75, 3.05) is 25.2 Å². The van der Waals surface area contributed by atoms with Gasteiger partial charge in [-0.3, -0.25) is 4.79 Å². The highest BCUT2D eigenvalue weighted by atomic mass is 32.2. The molecule has 3 atom stereocenters. The summed E-state index contributed by atoms with van der Waals surface area (Å²) in [4.78, 5) is 13.0. The van der Waals surface area contributed by atoms with Crippen LogP contribution in [0, 0.1) is 11.8 Å². The van der Waals surface area contributed by atoms with Gasteiger partial charge < -0.3 is 9.47 Å². The van der Waals surface area contributed by atoms with Crippen molar-refractivity contribution in [2.24, 2.45) is 11.8 Å². The molecule has 0 N–H and O–H groups in total. The maximum atomic E-state index is 13.0. The summed E-state index contributed by atoms with van der Waals surface area (Å²) in [5.41, 5.74) is -0.00585. The molecule has 3 unspecified atom stereocenters. The minimum atomic E-state index is -0.167. The molecule has 3 fully saturated rings. The number of Topliss-reactive ketones (excluding diaryl/α,β-unsaturated/α-hetero) is 1. The van der Waals surface area contributed by atoms with Crippen molar-refractivity contribution >= 4 is 17.5 Å². The molecule has 0 aromatic carbocycles. The molecule has 1 aliphatic carbocycles. The number of thioether (sulfide) groups is 1. The summed E-state index contributed by atoms with van der Waals surface area (Å²) in [6.07, 6.45) is 8.91. The smallest absolute Gasteiger partial charge is 0.165 e. The van der Waals surface area contributed by atoms with Crippen molar-refractivity contribution in [2.45, 2.75) is 63.1 Å². The molecular weight excluding hydrogens is 284 g/mol. The van der Waals surface area contributed by atoms with Crippen LogP contribution >= 0.6 is 11.8 Å². The number of carbonyl (C=O) groups excluding carboxylic acids is 1. The van der Waals surface area contributed by atoms with Crippen molar-refractivity contribution in [3.05, 3.63) is 0 Å². The molecule has 1 saturated carbocycles. The monoisotopic (exact) mass is 312 g/mol. The second-order valence-electron chi connectivity index (χ2n) is 6.98. The van der Waals surface area contributed by atoms with Crippen LogP contribution in [0.25, 0.3) is 0 Å². The number of ketones is 1. The van der Waals surface area contributed by atoms with Gasteiger partial charge in [0.25, 0.3) is 0 Å². The van der Waals surface area contributed by atoms with Crippen LogP contribution in [-0.2, 0) is 14.3 Å². The normalized spacial score (nSPS) is 36.0. The molecular formula is C17H28O3S. The zero-order chi connectivity index (χ0) is 14.7. The maximum Gasteiger partial charge on any atom is 0.165 e. The Morgan fingerprint density at radius 2 is 2.10 bits per heavy atom. The van der Waals surface area contributed by atoms with Gasteiger partial charge in [0.05, 0.1) is 5.60 Å². The number of carbonyl (C=O) groups is 1. The predicted octanol–water partition coefficient (Wildman–Crippen LogP) is 3.45. The fourth-order valence-corrected chi connectivity index (χ4v) is 5.72. The molecule has 2 heterocycles. The van der Waals surface area contributed by atoms with Gasteiger partial charge in [0, 0.05) is 25.4 Å². The van der Waals surface area contributed by atoms with Gasteiger partial charge in [-0.05, 0) is 43.8 Å². The molecule has 0 bridgehead atoms. The Kier molecular flexibility index (Phi) is 5.28. The molecule has 0 radical (unpaired) electrons. The fraction of sp³-hybridized carbons (Fsp3) is 0.941. The minimum absolute atomic E-state index is 0.00585. The van der Waals surface area contributed by atoms with Crippen LogP contribution < -0.4 is 0 Å². The van der Waals surface area contributed by atoms with Crippen LogP contribution in [-0.4, -0.2) is 42.7 Å². The number of hydrogen-bond acceptors (Lipinski definition) is 4. The summed E-state index contributed by atoms with van der Waals surface area (Å²) in [5.74, 6) is 3.22. The SMILES string of the molecule is COC(C(=O)C1CCOC2(CCSC2)C1)C1CCCCC1.